The highest BCUT2D eigenvalue weighted by molar-refractivity contribution is 5.38. The van der Waals surface area contributed by atoms with Gasteiger partial charge in [0.15, 0.2) is 0 Å². The van der Waals surface area contributed by atoms with E-state index in [1.165, 1.54) is 0 Å². The maximum atomic E-state index is 10.2. The molecule has 0 aliphatic rings. The zero-order valence-corrected chi connectivity index (χ0v) is 11.4. The van der Waals surface area contributed by atoms with Crippen LogP contribution in [0.2, 0.25) is 0 Å². The highest BCUT2D eigenvalue weighted by Crippen LogP contribution is 2.29. The second-order valence-corrected chi connectivity index (χ2v) is 5.09. The van der Waals surface area contributed by atoms with Gasteiger partial charge in [-0.2, -0.15) is 0 Å². The molecule has 1 rings (SSSR count). The Labute approximate surface area is 105 Å². The van der Waals surface area contributed by atoms with Crippen LogP contribution in [0.5, 0.6) is 5.75 Å². The normalized spacial score (nSPS) is 12.8. The Morgan fingerprint density at radius 3 is 2.53 bits per heavy atom. The number of aliphatic hydroxyl groups is 1. The lowest BCUT2D eigenvalue weighted by molar-refractivity contribution is 0.158. The van der Waals surface area contributed by atoms with Crippen LogP contribution < -0.4 is 4.74 Å². The first kappa shape index (κ1) is 14.0. The summed E-state index contributed by atoms with van der Waals surface area (Å²) in [6, 6.07) is 5.94. The van der Waals surface area contributed by atoms with Gasteiger partial charge in [0.2, 0.25) is 0 Å². The SMILES string of the molecule is COc1ccc(C)cc1C(O)CCCC(C)C. The van der Waals surface area contributed by atoms with Crippen molar-refractivity contribution in [3.8, 4) is 5.75 Å². The molecule has 1 aromatic carbocycles. The average molecular weight is 236 g/mol. The Hall–Kier alpha value is -1.02. The summed E-state index contributed by atoms with van der Waals surface area (Å²) >= 11 is 0. The first-order chi connectivity index (χ1) is 8.04. The van der Waals surface area contributed by atoms with Gasteiger partial charge in [0.1, 0.15) is 5.75 Å². The van der Waals surface area contributed by atoms with Gasteiger partial charge in [-0.25, -0.2) is 0 Å². The molecule has 0 amide bonds. The fourth-order valence-electron chi connectivity index (χ4n) is 1.99. The van der Waals surface area contributed by atoms with Crippen LogP contribution in [0.3, 0.4) is 0 Å². The van der Waals surface area contributed by atoms with E-state index < -0.39 is 6.10 Å². The van der Waals surface area contributed by atoms with E-state index >= 15 is 0 Å². The molecule has 0 heterocycles. The highest BCUT2D eigenvalue weighted by atomic mass is 16.5. The van der Waals surface area contributed by atoms with Crippen LogP contribution in [-0.4, -0.2) is 12.2 Å². The molecule has 0 aromatic heterocycles. The van der Waals surface area contributed by atoms with Crippen LogP contribution in [0, 0.1) is 12.8 Å². The molecule has 1 atom stereocenters. The second-order valence-electron chi connectivity index (χ2n) is 5.09. The summed E-state index contributed by atoms with van der Waals surface area (Å²) in [6.45, 7) is 6.45. The molecule has 1 aromatic rings. The Balaban J connectivity index is 2.66. The highest BCUT2D eigenvalue weighted by Gasteiger charge is 2.13. The topological polar surface area (TPSA) is 29.5 Å². The number of aliphatic hydroxyl groups excluding tert-OH is 1. The van der Waals surface area contributed by atoms with E-state index in [9.17, 15) is 5.11 Å². The molecule has 1 N–H and O–H groups in total. The maximum absolute atomic E-state index is 10.2. The molecule has 2 heteroatoms. The minimum Gasteiger partial charge on any atom is -0.496 e. The van der Waals surface area contributed by atoms with Crippen molar-refractivity contribution in [1.82, 2.24) is 0 Å². The number of benzene rings is 1. The summed E-state index contributed by atoms with van der Waals surface area (Å²) in [4.78, 5) is 0. The lowest BCUT2D eigenvalue weighted by Gasteiger charge is -2.16. The molecule has 0 spiro atoms. The van der Waals surface area contributed by atoms with Crippen molar-refractivity contribution in [3.05, 3.63) is 29.3 Å². The van der Waals surface area contributed by atoms with Gasteiger partial charge in [0.05, 0.1) is 13.2 Å². The van der Waals surface area contributed by atoms with Crippen LogP contribution in [0.25, 0.3) is 0 Å². The lowest BCUT2D eigenvalue weighted by atomic mass is 9.98. The van der Waals surface area contributed by atoms with Crippen LogP contribution in [0.4, 0.5) is 0 Å². The molecule has 0 fully saturated rings. The molecular weight excluding hydrogens is 212 g/mol. The Morgan fingerprint density at radius 2 is 1.94 bits per heavy atom. The molecule has 0 radical (unpaired) electrons. The van der Waals surface area contributed by atoms with Gasteiger partial charge in [-0.1, -0.05) is 38.3 Å². The molecule has 1 unspecified atom stereocenters. The van der Waals surface area contributed by atoms with Crippen LogP contribution in [0.15, 0.2) is 18.2 Å². The first-order valence-electron chi connectivity index (χ1n) is 6.37. The second kappa shape index (κ2) is 6.65. The van der Waals surface area contributed by atoms with Gasteiger partial charge in [-0.05, 0) is 31.4 Å². The van der Waals surface area contributed by atoms with Crippen molar-refractivity contribution in [2.24, 2.45) is 5.92 Å². The number of methoxy groups -OCH3 is 1. The van der Waals surface area contributed by atoms with E-state index in [2.05, 4.69) is 13.8 Å². The van der Waals surface area contributed by atoms with E-state index in [0.29, 0.717) is 5.92 Å². The van der Waals surface area contributed by atoms with E-state index in [0.717, 1.165) is 36.1 Å². The standard InChI is InChI=1S/C15H24O2/c1-11(2)6-5-7-14(16)13-10-12(3)8-9-15(13)17-4/h8-11,14,16H,5-7H2,1-4H3. The number of aryl methyl sites for hydroxylation is 1. The number of ether oxygens (including phenoxy) is 1. The Kier molecular flexibility index (Phi) is 5.49. The largest absolute Gasteiger partial charge is 0.496 e. The Morgan fingerprint density at radius 1 is 1.24 bits per heavy atom. The van der Waals surface area contributed by atoms with E-state index in [1.54, 1.807) is 7.11 Å². The third-order valence-electron chi connectivity index (χ3n) is 3.00. The van der Waals surface area contributed by atoms with Gasteiger partial charge in [-0.15, -0.1) is 0 Å². The van der Waals surface area contributed by atoms with Crippen molar-refractivity contribution in [2.75, 3.05) is 7.11 Å². The summed E-state index contributed by atoms with van der Waals surface area (Å²) in [5, 5.41) is 10.2. The van der Waals surface area contributed by atoms with Crippen molar-refractivity contribution < 1.29 is 9.84 Å². The van der Waals surface area contributed by atoms with Crippen LogP contribution in [-0.2, 0) is 0 Å². The number of hydrogen-bond acceptors (Lipinski definition) is 2. The Bertz CT molecular complexity index is 345. The maximum Gasteiger partial charge on any atom is 0.124 e. The number of rotatable bonds is 6. The third-order valence-corrected chi connectivity index (χ3v) is 3.00. The molecule has 0 aliphatic heterocycles. The summed E-state index contributed by atoms with van der Waals surface area (Å²) in [5.41, 5.74) is 2.07. The predicted molar refractivity (Wildman–Crippen MR) is 71.4 cm³/mol. The monoisotopic (exact) mass is 236 g/mol. The minimum atomic E-state index is -0.413. The third kappa shape index (κ3) is 4.39. The quantitative estimate of drug-likeness (QED) is 0.812. The first-order valence-corrected chi connectivity index (χ1v) is 6.37. The fraction of sp³-hybridized carbons (Fsp3) is 0.600. The van der Waals surface area contributed by atoms with Crippen molar-refractivity contribution >= 4 is 0 Å². The molecule has 0 saturated heterocycles. The van der Waals surface area contributed by atoms with Crippen molar-refractivity contribution in [2.45, 2.75) is 46.1 Å². The molecule has 0 bridgehead atoms. The van der Waals surface area contributed by atoms with Gasteiger partial charge in [-0.3, -0.25) is 0 Å². The van der Waals surface area contributed by atoms with E-state index in [4.69, 9.17) is 4.74 Å². The van der Waals surface area contributed by atoms with Crippen LogP contribution >= 0.6 is 0 Å². The van der Waals surface area contributed by atoms with Crippen molar-refractivity contribution in [1.29, 1.82) is 0 Å². The summed E-state index contributed by atoms with van der Waals surface area (Å²) < 4.78 is 5.29. The molecule has 96 valence electrons. The van der Waals surface area contributed by atoms with Gasteiger partial charge in [0.25, 0.3) is 0 Å². The summed E-state index contributed by atoms with van der Waals surface area (Å²) in [5.74, 6) is 1.48. The molecule has 2 nitrogen and oxygen atoms in total. The van der Waals surface area contributed by atoms with Gasteiger partial charge < -0.3 is 9.84 Å². The fourth-order valence-corrected chi connectivity index (χ4v) is 1.99. The minimum absolute atomic E-state index is 0.413. The van der Waals surface area contributed by atoms with Gasteiger partial charge in [0, 0.05) is 5.56 Å². The average Bonchev–Trinajstić information content (AvgIpc) is 2.28. The predicted octanol–water partition coefficient (Wildman–Crippen LogP) is 3.86. The smallest absolute Gasteiger partial charge is 0.124 e. The summed E-state index contributed by atoms with van der Waals surface area (Å²) in [7, 11) is 1.65. The number of hydrogen-bond donors (Lipinski definition) is 1. The molecule has 0 saturated carbocycles. The molecule has 0 aliphatic carbocycles. The zero-order valence-electron chi connectivity index (χ0n) is 11.4. The summed E-state index contributed by atoms with van der Waals surface area (Å²) in [6.07, 6.45) is 2.60. The van der Waals surface area contributed by atoms with E-state index in [-0.39, 0.29) is 0 Å². The zero-order chi connectivity index (χ0) is 12.8. The van der Waals surface area contributed by atoms with Crippen molar-refractivity contribution in [3.63, 3.8) is 0 Å². The van der Waals surface area contributed by atoms with Gasteiger partial charge >= 0.3 is 0 Å². The molecule has 17 heavy (non-hydrogen) atoms. The van der Waals surface area contributed by atoms with Crippen LogP contribution in [0.1, 0.15) is 50.3 Å². The van der Waals surface area contributed by atoms with E-state index in [1.807, 2.05) is 25.1 Å². The molecular formula is C15H24O2. The lowest BCUT2D eigenvalue weighted by Crippen LogP contribution is -2.02.